The molecule has 0 aliphatic carbocycles. The standard InChI is InChI=1S/C21H24ClN3O3S2/c1-3-24(4-2)30(27,28)18-11-9-16(10-12-18)20(26)25-14-13-23-21(25)29-15-17-7-5-6-8-19(17)22/h5-12H,3-4,13-15H2,1-2H3. The lowest BCUT2D eigenvalue weighted by atomic mass is 10.2. The number of benzene rings is 2. The van der Waals surface area contributed by atoms with Crippen LogP contribution in [0.5, 0.6) is 0 Å². The number of nitrogens with zero attached hydrogens (tertiary/aromatic N) is 3. The van der Waals surface area contributed by atoms with Gasteiger partial charge in [0.2, 0.25) is 10.0 Å². The first-order chi connectivity index (χ1) is 14.4. The van der Waals surface area contributed by atoms with Gasteiger partial charge in [0.25, 0.3) is 5.91 Å². The highest BCUT2D eigenvalue weighted by Crippen LogP contribution is 2.25. The molecule has 0 saturated carbocycles. The molecule has 0 bridgehead atoms. The minimum atomic E-state index is -3.55. The van der Waals surface area contributed by atoms with Crippen LogP contribution in [0.3, 0.4) is 0 Å². The van der Waals surface area contributed by atoms with Crippen LogP contribution in [0.2, 0.25) is 5.02 Å². The number of amides is 1. The molecule has 0 saturated heterocycles. The highest BCUT2D eigenvalue weighted by Gasteiger charge is 2.26. The van der Waals surface area contributed by atoms with E-state index in [9.17, 15) is 13.2 Å². The van der Waals surface area contributed by atoms with Crippen molar-refractivity contribution in [2.45, 2.75) is 24.5 Å². The van der Waals surface area contributed by atoms with E-state index in [2.05, 4.69) is 4.99 Å². The molecule has 9 heteroatoms. The van der Waals surface area contributed by atoms with E-state index in [4.69, 9.17) is 11.6 Å². The van der Waals surface area contributed by atoms with E-state index in [1.165, 1.54) is 28.2 Å². The van der Waals surface area contributed by atoms with Crippen molar-refractivity contribution in [2.75, 3.05) is 26.2 Å². The Morgan fingerprint density at radius 3 is 2.43 bits per heavy atom. The summed E-state index contributed by atoms with van der Waals surface area (Å²) in [5, 5.41) is 1.34. The zero-order valence-corrected chi connectivity index (χ0v) is 19.3. The maximum absolute atomic E-state index is 13.0. The third-order valence-corrected chi connectivity index (χ3v) is 8.30. The molecule has 0 fully saturated rings. The summed E-state index contributed by atoms with van der Waals surface area (Å²) in [4.78, 5) is 19.3. The molecule has 0 N–H and O–H groups in total. The Hall–Kier alpha value is -1.87. The molecule has 1 aliphatic rings. The van der Waals surface area contributed by atoms with E-state index >= 15 is 0 Å². The number of thioether (sulfide) groups is 1. The SMILES string of the molecule is CCN(CC)S(=O)(=O)c1ccc(C(=O)N2CCN=C2SCc2ccccc2Cl)cc1. The van der Waals surface area contributed by atoms with Crippen molar-refractivity contribution in [3.8, 4) is 0 Å². The summed E-state index contributed by atoms with van der Waals surface area (Å²) in [6.45, 7) is 5.45. The number of carbonyl (C=O) groups is 1. The van der Waals surface area contributed by atoms with Crippen LogP contribution in [0.4, 0.5) is 0 Å². The first kappa shape index (κ1) is 22.8. The van der Waals surface area contributed by atoms with Gasteiger partial charge in [-0.15, -0.1) is 0 Å². The molecule has 6 nitrogen and oxygen atoms in total. The van der Waals surface area contributed by atoms with E-state index in [1.54, 1.807) is 30.9 Å². The fraction of sp³-hybridized carbons (Fsp3) is 0.333. The van der Waals surface area contributed by atoms with Gasteiger partial charge in [0, 0.05) is 36.0 Å². The van der Waals surface area contributed by atoms with Crippen molar-refractivity contribution in [1.29, 1.82) is 0 Å². The van der Waals surface area contributed by atoms with Gasteiger partial charge >= 0.3 is 0 Å². The number of amidine groups is 1. The number of rotatable bonds is 7. The zero-order chi connectivity index (χ0) is 21.7. The van der Waals surface area contributed by atoms with Crippen LogP contribution in [0.1, 0.15) is 29.8 Å². The van der Waals surface area contributed by atoms with Crippen LogP contribution in [-0.2, 0) is 15.8 Å². The maximum Gasteiger partial charge on any atom is 0.259 e. The average Bonchev–Trinajstić information content (AvgIpc) is 3.22. The van der Waals surface area contributed by atoms with Crippen molar-refractivity contribution in [2.24, 2.45) is 4.99 Å². The molecule has 1 aliphatic heterocycles. The van der Waals surface area contributed by atoms with Crippen LogP contribution in [0.25, 0.3) is 0 Å². The Morgan fingerprint density at radius 2 is 1.80 bits per heavy atom. The van der Waals surface area contributed by atoms with Crippen LogP contribution in [0.15, 0.2) is 58.4 Å². The molecule has 30 heavy (non-hydrogen) atoms. The lowest BCUT2D eigenvalue weighted by molar-refractivity contribution is 0.0860. The van der Waals surface area contributed by atoms with E-state index < -0.39 is 10.0 Å². The summed E-state index contributed by atoms with van der Waals surface area (Å²) < 4.78 is 26.6. The second-order valence-electron chi connectivity index (χ2n) is 6.61. The largest absolute Gasteiger partial charge is 0.286 e. The second kappa shape index (κ2) is 9.96. The smallest absolute Gasteiger partial charge is 0.259 e. The van der Waals surface area contributed by atoms with E-state index in [-0.39, 0.29) is 10.8 Å². The van der Waals surface area contributed by atoms with Crippen molar-refractivity contribution in [1.82, 2.24) is 9.21 Å². The summed E-state index contributed by atoms with van der Waals surface area (Å²) in [7, 11) is -3.55. The Kier molecular flexibility index (Phi) is 7.57. The molecule has 2 aromatic carbocycles. The van der Waals surface area contributed by atoms with Crippen LogP contribution in [0, 0.1) is 0 Å². The van der Waals surface area contributed by atoms with Crippen molar-refractivity contribution >= 4 is 44.5 Å². The third-order valence-electron chi connectivity index (χ3n) is 4.81. The Bertz CT molecular complexity index is 1040. The molecule has 3 rings (SSSR count). The highest BCUT2D eigenvalue weighted by molar-refractivity contribution is 8.13. The minimum Gasteiger partial charge on any atom is -0.286 e. The van der Waals surface area contributed by atoms with Gasteiger partial charge in [-0.25, -0.2) is 8.42 Å². The fourth-order valence-electron chi connectivity index (χ4n) is 3.13. The van der Waals surface area contributed by atoms with E-state index in [1.807, 2.05) is 24.3 Å². The van der Waals surface area contributed by atoms with Gasteiger partial charge in [-0.3, -0.25) is 14.7 Å². The molecule has 1 heterocycles. The predicted molar refractivity (Wildman–Crippen MR) is 123 cm³/mol. The van der Waals surface area contributed by atoms with Crippen LogP contribution < -0.4 is 0 Å². The Balaban J connectivity index is 1.71. The lowest BCUT2D eigenvalue weighted by Gasteiger charge is -2.20. The molecule has 0 radical (unpaired) electrons. The van der Waals surface area contributed by atoms with E-state index in [0.717, 1.165) is 5.56 Å². The maximum atomic E-state index is 13.0. The van der Waals surface area contributed by atoms with Gasteiger partial charge in [0.1, 0.15) is 0 Å². The van der Waals surface area contributed by atoms with E-state index in [0.29, 0.717) is 47.7 Å². The minimum absolute atomic E-state index is 0.186. The van der Waals surface area contributed by atoms with Crippen LogP contribution >= 0.6 is 23.4 Å². The normalized spacial score (nSPS) is 14.3. The molecule has 0 atom stereocenters. The topological polar surface area (TPSA) is 70.1 Å². The first-order valence-corrected chi connectivity index (χ1v) is 12.5. The number of carbonyl (C=O) groups excluding carboxylic acids is 1. The van der Waals surface area contributed by atoms with Gasteiger partial charge in [-0.2, -0.15) is 4.31 Å². The molecular formula is C21H24ClN3O3S2. The predicted octanol–water partition coefficient (Wildman–Crippen LogP) is 4.12. The number of sulfonamides is 1. The third kappa shape index (κ3) is 4.88. The summed E-state index contributed by atoms with van der Waals surface area (Å²) in [6, 6.07) is 13.7. The van der Waals surface area contributed by atoms with Crippen molar-refractivity contribution in [3.05, 3.63) is 64.7 Å². The molecule has 1 amide bonds. The summed E-state index contributed by atoms with van der Waals surface area (Å²) in [5.74, 6) is 0.424. The summed E-state index contributed by atoms with van der Waals surface area (Å²) in [6.07, 6.45) is 0. The molecule has 160 valence electrons. The van der Waals surface area contributed by atoms with Crippen molar-refractivity contribution in [3.63, 3.8) is 0 Å². The van der Waals surface area contributed by atoms with Crippen LogP contribution in [-0.4, -0.2) is 54.9 Å². The van der Waals surface area contributed by atoms with Gasteiger partial charge < -0.3 is 0 Å². The Morgan fingerprint density at radius 1 is 1.13 bits per heavy atom. The number of halogens is 1. The summed E-state index contributed by atoms with van der Waals surface area (Å²) in [5.41, 5.74) is 1.42. The lowest BCUT2D eigenvalue weighted by Crippen LogP contribution is -2.33. The quantitative estimate of drug-likeness (QED) is 0.616. The number of hydrogen-bond donors (Lipinski definition) is 0. The number of aliphatic imine (C=N–C) groups is 1. The zero-order valence-electron chi connectivity index (χ0n) is 16.9. The Labute approximate surface area is 187 Å². The molecule has 0 spiro atoms. The van der Waals surface area contributed by atoms with Gasteiger partial charge in [-0.1, -0.05) is 55.4 Å². The summed E-state index contributed by atoms with van der Waals surface area (Å²) >= 11 is 7.68. The first-order valence-electron chi connectivity index (χ1n) is 9.71. The fourth-order valence-corrected chi connectivity index (χ4v) is 5.92. The molecule has 0 unspecified atom stereocenters. The molecule has 0 aromatic heterocycles. The van der Waals surface area contributed by atoms with Gasteiger partial charge in [-0.05, 0) is 35.9 Å². The monoisotopic (exact) mass is 465 g/mol. The second-order valence-corrected chi connectivity index (χ2v) is 9.90. The van der Waals surface area contributed by atoms with Gasteiger partial charge in [0.15, 0.2) is 5.17 Å². The number of hydrogen-bond acceptors (Lipinski definition) is 5. The van der Waals surface area contributed by atoms with Crippen molar-refractivity contribution < 1.29 is 13.2 Å². The van der Waals surface area contributed by atoms with Gasteiger partial charge in [0.05, 0.1) is 11.4 Å². The highest BCUT2D eigenvalue weighted by atomic mass is 35.5. The average molecular weight is 466 g/mol. The molecule has 2 aromatic rings. The molecular weight excluding hydrogens is 442 g/mol.